The van der Waals surface area contributed by atoms with Crippen LogP contribution < -0.4 is 21.2 Å². The smallest absolute Gasteiger partial charge is 0 e. The van der Waals surface area contributed by atoms with Crippen LogP contribution in [0.1, 0.15) is 26.3 Å². The summed E-state index contributed by atoms with van der Waals surface area (Å²) in [6, 6.07) is 37.0. The van der Waals surface area contributed by atoms with Crippen molar-refractivity contribution in [2.45, 2.75) is 27.2 Å². The van der Waals surface area contributed by atoms with E-state index in [9.17, 15) is 0 Å². The van der Waals surface area contributed by atoms with Gasteiger partial charge in [0.05, 0.1) is 0 Å². The van der Waals surface area contributed by atoms with E-state index in [4.69, 9.17) is 0 Å². The van der Waals surface area contributed by atoms with E-state index in [1.807, 2.05) is 30.3 Å². The zero-order chi connectivity index (χ0) is 21.2. The summed E-state index contributed by atoms with van der Waals surface area (Å²) >= 11 is 0. The molecule has 0 bridgehead atoms. The Kier molecular flexibility index (Phi) is 11.5. The average molecular weight is 486 g/mol. The SMILES string of the molecule is CCc1ccc(P(c2ccccc2)c2ccccc2)[c-]1P(CC)CC.[Fe].[cH-]1[cH-][cH-][cH-][cH-]1. The molecule has 0 amide bonds. The van der Waals surface area contributed by atoms with Crippen molar-refractivity contribution < 1.29 is 17.1 Å². The van der Waals surface area contributed by atoms with Crippen LogP contribution in [0.5, 0.6) is 0 Å². The Balaban J connectivity index is 0.000000501. The first-order chi connectivity index (χ1) is 14.8. The molecule has 4 rings (SSSR count). The molecule has 0 heterocycles. The summed E-state index contributed by atoms with van der Waals surface area (Å²) < 4.78 is 0. The number of hydrogen-bond donors (Lipinski definition) is 0. The van der Waals surface area contributed by atoms with Gasteiger partial charge < -0.3 is 30.3 Å². The monoisotopic (exact) mass is 486 g/mol. The molecular weight excluding hydrogens is 454 g/mol. The summed E-state index contributed by atoms with van der Waals surface area (Å²) in [4.78, 5) is 0. The summed E-state index contributed by atoms with van der Waals surface area (Å²) in [5.41, 5.74) is 1.57. The van der Waals surface area contributed by atoms with E-state index in [0.29, 0.717) is 0 Å². The molecule has 0 aromatic heterocycles. The maximum absolute atomic E-state index is 2.43. The Morgan fingerprint density at radius 2 is 1.10 bits per heavy atom. The van der Waals surface area contributed by atoms with E-state index in [2.05, 4.69) is 93.6 Å². The van der Waals surface area contributed by atoms with E-state index in [-0.39, 0.29) is 25.0 Å². The van der Waals surface area contributed by atoms with Gasteiger partial charge in [0.25, 0.3) is 0 Å². The first kappa shape index (κ1) is 25.8. The normalized spacial score (nSPS) is 10.5. The van der Waals surface area contributed by atoms with Crippen molar-refractivity contribution in [1.82, 2.24) is 0 Å². The third-order valence-electron chi connectivity index (χ3n) is 5.27. The molecule has 0 unspecified atom stereocenters. The second-order valence-electron chi connectivity index (χ2n) is 7.09. The third-order valence-corrected chi connectivity index (χ3v) is 10.6. The van der Waals surface area contributed by atoms with Crippen LogP contribution in [0.3, 0.4) is 0 Å². The predicted octanol–water partition coefficient (Wildman–Crippen LogP) is 6.28. The van der Waals surface area contributed by atoms with Gasteiger partial charge in [0, 0.05) is 17.1 Å². The minimum Gasteiger partial charge on any atom is -0.748 e. The summed E-state index contributed by atoms with van der Waals surface area (Å²) in [7, 11) is -0.538. The third kappa shape index (κ3) is 6.75. The van der Waals surface area contributed by atoms with Gasteiger partial charge in [0.1, 0.15) is 0 Å². The Hall–Kier alpha value is -1.48. The molecule has 0 radical (unpaired) electrons. The summed E-state index contributed by atoms with van der Waals surface area (Å²) in [6.07, 6.45) is 3.70. The van der Waals surface area contributed by atoms with Crippen molar-refractivity contribution in [3.63, 3.8) is 0 Å². The van der Waals surface area contributed by atoms with Gasteiger partial charge >= 0.3 is 0 Å². The van der Waals surface area contributed by atoms with Gasteiger partial charge in [-0.2, -0.15) is 5.56 Å². The maximum atomic E-state index is 2.43. The fourth-order valence-corrected chi connectivity index (χ4v) is 8.99. The molecule has 3 heteroatoms. The average Bonchev–Trinajstić information content (AvgIpc) is 3.51. The second-order valence-corrected chi connectivity index (χ2v) is 12.1. The molecule has 0 aliphatic carbocycles. The van der Waals surface area contributed by atoms with E-state index in [1.54, 1.807) is 16.2 Å². The molecule has 31 heavy (non-hydrogen) atoms. The molecule has 0 N–H and O–H groups in total. The molecule has 168 valence electrons. The fraction of sp³-hybridized carbons (Fsp3) is 0.214. The quantitative estimate of drug-likeness (QED) is 0.164. The van der Waals surface area contributed by atoms with Gasteiger partial charge in [0.15, 0.2) is 0 Å². The van der Waals surface area contributed by atoms with Crippen LogP contribution in [-0.2, 0) is 23.5 Å². The molecule has 0 atom stereocenters. The van der Waals surface area contributed by atoms with E-state index in [0.717, 1.165) is 6.42 Å². The van der Waals surface area contributed by atoms with Crippen molar-refractivity contribution in [2.75, 3.05) is 12.3 Å². The van der Waals surface area contributed by atoms with Gasteiger partial charge in [-0.25, -0.2) is 12.1 Å². The molecule has 4 aromatic rings. The van der Waals surface area contributed by atoms with Crippen LogP contribution >= 0.6 is 15.8 Å². The fourth-order valence-electron chi connectivity index (χ4n) is 3.77. The van der Waals surface area contributed by atoms with Crippen LogP contribution in [0.15, 0.2) is 103 Å². The minimum atomic E-state index is -0.479. The van der Waals surface area contributed by atoms with Gasteiger partial charge in [-0.05, 0) is 30.9 Å². The topological polar surface area (TPSA) is 0 Å². The van der Waals surface area contributed by atoms with Crippen LogP contribution in [0.4, 0.5) is 0 Å². The van der Waals surface area contributed by atoms with Gasteiger partial charge in [-0.1, -0.05) is 87.9 Å². The Morgan fingerprint density at radius 1 is 0.645 bits per heavy atom. The van der Waals surface area contributed by atoms with Gasteiger partial charge in [-0.3, -0.25) is 0 Å². The van der Waals surface area contributed by atoms with Crippen LogP contribution in [0.2, 0.25) is 0 Å². The summed E-state index contributed by atoms with van der Waals surface area (Å²) in [5.74, 6) is 0. The number of benzene rings is 2. The predicted molar refractivity (Wildman–Crippen MR) is 140 cm³/mol. The molecule has 0 saturated heterocycles. The zero-order valence-corrected chi connectivity index (χ0v) is 21.6. The van der Waals surface area contributed by atoms with Crippen LogP contribution in [0, 0.1) is 0 Å². The van der Waals surface area contributed by atoms with Crippen molar-refractivity contribution >= 4 is 37.1 Å². The summed E-state index contributed by atoms with van der Waals surface area (Å²) in [5, 5.41) is 6.21. The van der Waals surface area contributed by atoms with Gasteiger partial charge in [-0.15, -0.1) is 18.5 Å². The van der Waals surface area contributed by atoms with Gasteiger partial charge in [0.2, 0.25) is 0 Å². The molecule has 0 fully saturated rings. The first-order valence-electron chi connectivity index (χ1n) is 10.9. The Bertz CT molecular complexity index is 898. The molecule has 0 aliphatic rings. The Labute approximate surface area is 201 Å². The molecule has 0 nitrogen and oxygen atoms in total. The van der Waals surface area contributed by atoms with Crippen molar-refractivity contribution in [3.05, 3.63) is 109 Å². The largest absolute Gasteiger partial charge is 0.748 e. The van der Waals surface area contributed by atoms with E-state index < -0.39 is 7.92 Å². The van der Waals surface area contributed by atoms with Crippen LogP contribution in [-0.4, -0.2) is 12.3 Å². The minimum absolute atomic E-state index is 0. The number of hydrogen-bond acceptors (Lipinski definition) is 0. The van der Waals surface area contributed by atoms with Crippen molar-refractivity contribution in [1.29, 1.82) is 0 Å². The van der Waals surface area contributed by atoms with Crippen LogP contribution in [0.25, 0.3) is 0 Å². The molecular formula is C28H32FeP2-6. The van der Waals surface area contributed by atoms with Crippen molar-refractivity contribution in [2.24, 2.45) is 0 Å². The molecule has 4 aromatic carbocycles. The van der Waals surface area contributed by atoms with E-state index in [1.165, 1.54) is 22.9 Å². The molecule has 0 spiro atoms. The number of rotatable bonds is 7. The second kappa shape index (κ2) is 13.8. The standard InChI is InChI=1S/C23H27P2.C5H5.Fe/c1-4-19-17-18-22(23(19)24(5-2)6-3)25(20-13-9-7-10-14-20)21-15-11-8-12-16-21;1-2-4-5-3-1;/h7-18H,4-6H2,1-3H3;1-5H;/q-1;-5;. The van der Waals surface area contributed by atoms with E-state index >= 15 is 0 Å². The Morgan fingerprint density at radius 3 is 1.48 bits per heavy atom. The molecule has 0 saturated carbocycles. The molecule has 0 aliphatic heterocycles. The first-order valence-corrected chi connectivity index (χ1v) is 14.0. The number of aryl methyl sites for hydroxylation is 1. The zero-order valence-electron chi connectivity index (χ0n) is 18.7. The summed E-state index contributed by atoms with van der Waals surface area (Å²) in [6.45, 7) is 7.02. The van der Waals surface area contributed by atoms with Crippen molar-refractivity contribution in [3.8, 4) is 0 Å². The maximum Gasteiger partial charge on any atom is 0 e.